The molecule has 0 unspecified atom stereocenters. The molecule has 2 atom stereocenters. The van der Waals surface area contributed by atoms with Crippen molar-refractivity contribution in [3.8, 4) is 11.6 Å². The predicted molar refractivity (Wildman–Crippen MR) is 73.7 cm³/mol. The molecule has 106 valence electrons. The van der Waals surface area contributed by atoms with E-state index < -0.39 is 0 Å². The molecule has 1 fully saturated rings. The van der Waals surface area contributed by atoms with Crippen LogP contribution in [0.15, 0.2) is 28.8 Å². The van der Waals surface area contributed by atoms with Gasteiger partial charge in [-0.1, -0.05) is 25.8 Å². The minimum atomic E-state index is 0.323. The second-order valence-electron chi connectivity index (χ2n) is 5.42. The van der Waals surface area contributed by atoms with E-state index in [1.807, 2.05) is 18.2 Å². The van der Waals surface area contributed by atoms with Gasteiger partial charge in [0.15, 0.2) is 0 Å². The summed E-state index contributed by atoms with van der Waals surface area (Å²) in [5, 5.41) is 8.02. The van der Waals surface area contributed by atoms with Crippen molar-refractivity contribution in [1.82, 2.24) is 15.2 Å². The lowest BCUT2D eigenvalue weighted by Gasteiger charge is -2.26. The van der Waals surface area contributed by atoms with E-state index >= 15 is 0 Å². The molecule has 5 nitrogen and oxygen atoms in total. The highest BCUT2D eigenvalue weighted by molar-refractivity contribution is 5.44. The molecule has 2 aromatic rings. The van der Waals surface area contributed by atoms with Crippen LogP contribution >= 0.6 is 0 Å². The third-order valence-corrected chi connectivity index (χ3v) is 3.68. The van der Waals surface area contributed by atoms with Crippen LogP contribution in [0.4, 0.5) is 0 Å². The quantitative estimate of drug-likeness (QED) is 0.855. The van der Waals surface area contributed by atoms with E-state index in [4.69, 9.17) is 9.15 Å². The third-order valence-electron chi connectivity index (χ3n) is 3.68. The lowest BCUT2D eigenvalue weighted by Crippen LogP contribution is -2.21. The summed E-state index contributed by atoms with van der Waals surface area (Å²) >= 11 is 0. The van der Waals surface area contributed by atoms with E-state index in [1.54, 1.807) is 6.20 Å². The molecule has 0 spiro atoms. The molecule has 1 aliphatic carbocycles. The van der Waals surface area contributed by atoms with Gasteiger partial charge >= 0.3 is 0 Å². The van der Waals surface area contributed by atoms with Gasteiger partial charge in [-0.05, 0) is 30.9 Å². The van der Waals surface area contributed by atoms with Gasteiger partial charge in [0.1, 0.15) is 12.3 Å². The summed E-state index contributed by atoms with van der Waals surface area (Å²) in [7, 11) is 0. The Labute approximate surface area is 118 Å². The first-order valence-electron chi connectivity index (χ1n) is 7.16. The molecular formula is C15H19N3O2. The molecule has 2 heterocycles. The fourth-order valence-electron chi connectivity index (χ4n) is 2.62. The summed E-state index contributed by atoms with van der Waals surface area (Å²) in [6.45, 7) is 2.67. The molecule has 20 heavy (non-hydrogen) atoms. The van der Waals surface area contributed by atoms with E-state index in [2.05, 4.69) is 22.1 Å². The predicted octanol–water partition coefficient (Wildman–Crippen LogP) is 3.23. The van der Waals surface area contributed by atoms with Gasteiger partial charge in [0.05, 0.1) is 6.10 Å². The Bertz CT molecular complexity index is 541. The summed E-state index contributed by atoms with van der Waals surface area (Å²) in [6.07, 6.45) is 6.84. The number of ether oxygens (including phenoxy) is 1. The Hall–Kier alpha value is -1.75. The average molecular weight is 273 g/mol. The Kier molecular flexibility index (Phi) is 4.06. The van der Waals surface area contributed by atoms with Crippen LogP contribution in [0.2, 0.25) is 0 Å². The molecule has 0 N–H and O–H groups in total. The van der Waals surface area contributed by atoms with Gasteiger partial charge in [-0.2, -0.15) is 0 Å². The van der Waals surface area contributed by atoms with Gasteiger partial charge in [0.25, 0.3) is 5.89 Å². The van der Waals surface area contributed by atoms with Crippen molar-refractivity contribution < 1.29 is 9.15 Å². The van der Waals surface area contributed by atoms with Gasteiger partial charge in [-0.3, -0.25) is 4.98 Å². The van der Waals surface area contributed by atoms with Crippen LogP contribution < -0.4 is 0 Å². The number of pyridine rings is 1. The number of hydrogen-bond donors (Lipinski definition) is 0. The lowest BCUT2D eigenvalue weighted by atomic mass is 9.89. The molecule has 0 radical (unpaired) electrons. The summed E-state index contributed by atoms with van der Waals surface area (Å²) in [4.78, 5) is 4.19. The highest BCUT2D eigenvalue weighted by Gasteiger charge is 2.20. The SMILES string of the molecule is C[C@H]1CCC[C@H](OCc2nnc(-c3ccccn3)o2)C1. The first-order valence-corrected chi connectivity index (χ1v) is 7.16. The lowest BCUT2D eigenvalue weighted by molar-refractivity contribution is -0.00444. The molecular weight excluding hydrogens is 254 g/mol. The second kappa shape index (κ2) is 6.13. The van der Waals surface area contributed by atoms with E-state index in [-0.39, 0.29) is 0 Å². The smallest absolute Gasteiger partial charge is 0.266 e. The third kappa shape index (κ3) is 3.22. The van der Waals surface area contributed by atoms with Crippen LogP contribution in [-0.2, 0) is 11.3 Å². The summed E-state index contributed by atoms with van der Waals surface area (Å²) < 4.78 is 11.4. The summed E-state index contributed by atoms with van der Waals surface area (Å²) in [6, 6.07) is 5.60. The van der Waals surface area contributed by atoms with Crippen molar-refractivity contribution in [3.63, 3.8) is 0 Å². The van der Waals surface area contributed by atoms with Crippen LogP contribution in [0.1, 0.15) is 38.5 Å². The topological polar surface area (TPSA) is 61.0 Å². The Morgan fingerprint density at radius 2 is 2.25 bits per heavy atom. The summed E-state index contributed by atoms with van der Waals surface area (Å²) in [5.41, 5.74) is 0.692. The molecule has 0 saturated heterocycles. The van der Waals surface area contributed by atoms with Crippen LogP contribution in [0.25, 0.3) is 11.6 Å². The molecule has 0 aromatic carbocycles. The highest BCUT2D eigenvalue weighted by Crippen LogP contribution is 2.26. The number of rotatable bonds is 4. The average Bonchev–Trinajstić information content (AvgIpc) is 2.95. The zero-order valence-electron chi connectivity index (χ0n) is 11.7. The molecule has 0 bridgehead atoms. The molecule has 3 rings (SSSR count). The highest BCUT2D eigenvalue weighted by atomic mass is 16.5. The molecule has 1 aliphatic rings. The van der Waals surface area contributed by atoms with Crippen LogP contribution in [0, 0.1) is 5.92 Å². The van der Waals surface area contributed by atoms with Gasteiger partial charge in [-0.25, -0.2) is 0 Å². The second-order valence-corrected chi connectivity index (χ2v) is 5.42. The van der Waals surface area contributed by atoms with Crippen molar-refractivity contribution in [2.24, 2.45) is 5.92 Å². The van der Waals surface area contributed by atoms with Gasteiger partial charge in [-0.15, -0.1) is 10.2 Å². The molecule has 1 saturated carbocycles. The van der Waals surface area contributed by atoms with Crippen molar-refractivity contribution in [2.75, 3.05) is 0 Å². The Balaban J connectivity index is 1.58. The Morgan fingerprint density at radius 1 is 1.30 bits per heavy atom. The molecule has 0 aliphatic heterocycles. The standard InChI is InChI=1S/C15H19N3O2/c1-11-5-4-6-12(9-11)19-10-14-17-18-15(20-14)13-7-2-3-8-16-13/h2-3,7-8,11-12H,4-6,9-10H2,1H3/t11-,12-/m0/s1. The van der Waals surface area contributed by atoms with E-state index in [0.29, 0.717) is 30.2 Å². The Morgan fingerprint density at radius 3 is 3.05 bits per heavy atom. The first-order chi connectivity index (χ1) is 9.81. The van der Waals surface area contributed by atoms with E-state index in [0.717, 1.165) is 18.8 Å². The number of aromatic nitrogens is 3. The maximum absolute atomic E-state index is 5.87. The number of hydrogen-bond acceptors (Lipinski definition) is 5. The van der Waals surface area contributed by atoms with Crippen molar-refractivity contribution in [1.29, 1.82) is 0 Å². The maximum Gasteiger partial charge on any atom is 0.266 e. The summed E-state index contributed by atoms with van der Waals surface area (Å²) in [5.74, 6) is 1.71. The van der Waals surface area contributed by atoms with Crippen molar-refractivity contribution in [3.05, 3.63) is 30.3 Å². The van der Waals surface area contributed by atoms with Gasteiger partial charge in [0.2, 0.25) is 5.89 Å². The van der Waals surface area contributed by atoms with E-state index in [9.17, 15) is 0 Å². The minimum absolute atomic E-state index is 0.323. The van der Waals surface area contributed by atoms with Crippen LogP contribution in [0.3, 0.4) is 0 Å². The minimum Gasteiger partial charge on any atom is -0.417 e. The van der Waals surface area contributed by atoms with E-state index in [1.165, 1.54) is 12.8 Å². The maximum atomic E-state index is 5.87. The normalized spacial score (nSPS) is 22.9. The van der Waals surface area contributed by atoms with Gasteiger partial charge in [0, 0.05) is 6.20 Å². The van der Waals surface area contributed by atoms with Crippen molar-refractivity contribution in [2.45, 2.75) is 45.3 Å². The molecule has 5 heteroatoms. The zero-order chi connectivity index (χ0) is 13.8. The fraction of sp³-hybridized carbons (Fsp3) is 0.533. The van der Waals surface area contributed by atoms with Gasteiger partial charge < -0.3 is 9.15 Å². The molecule has 0 amide bonds. The number of nitrogens with zero attached hydrogens (tertiary/aromatic N) is 3. The van der Waals surface area contributed by atoms with Crippen LogP contribution in [-0.4, -0.2) is 21.3 Å². The van der Waals surface area contributed by atoms with Crippen molar-refractivity contribution >= 4 is 0 Å². The largest absolute Gasteiger partial charge is 0.417 e. The first kappa shape index (κ1) is 13.2. The van der Waals surface area contributed by atoms with Crippen LogP contribution in [0.5, 0.6) is 0 Å². The molecule has 2 aromatic heterocycles. The monoisotopic (exact) mass is 273 g/mol. The zero-order valence-corrected chi connectivity index (χ0v) is 11.7. The fourth-order valence-corrected chi connectivity index (χ4v) is 2.62.